The van der Waals surface area contributed by atoms with Gasteiger partial charge in [-0.1, -0.05) is 85.6 Å². The molecule has 2 N–H and O–H groups in total. The molecule has 0 aromatic carbocycles. The topological polar surface area (TPSA) is 76.0 Å². The van der Waals surface area contributed by atoms with E-state index in [0.717, 1.165) is 43.6 Å². The van der Waals surface area contributed by atoms with Crippen molar-refractivity contribution < 1.29 is 23.9 Å². The monoisotopic (exact) mass is 794 g/mol. The van der Waals surface area contributed by atoms with E-state index in [0.29, 0.717) is 60.6 Å². The predicted octanol–water partition coefficient (Wildman–Crippen LogP) is 11.2. The summed E-state index contributed by atoms with van der Waals surface area (Å²) < 4.78 is 12.9. The van der Waals surface area contributed by atoms with Gasteiger partial charge in [0, 0.05) is 28.3 Å². The average molecular weight is 795 g/mol. The Labute approximate surface area is 330 Å². The Morgan fingerprint density at radius 1 is 0.808 bits per heavy atom. The van der Waals surface area contributed by atoms with Gasteiger partial charge in [-0.25, -0.2) is 0 Å². The minimum atomic E-state index is -1.96. The molecule has 4 aliphatic rings. The highest BCUT2D eigenvalue weighted by Gasteiger charge is 2.60. The Bertz CT molecular complexity index is 1340. The zero-order valence-electron chi connectivity index (χ0n) is 36.0. The first kappa shape index (κ1) is 44.8. The summed E-state index contributed by atoms with van der Waals surface area (Å²) in [5.74, 6) is 3.30. The maximum Gasteiger partial charge on any atom is 0.192 e. The van der Waals surface area contributed by atoms with E-state index < -0.39 is 27.8 Å². The molecule has 4 rings (SSSR count). The Kier molecular flexibility index (Phi) is 13.6. The van der Waals surface area contributed by atoms with Crippen LogP contribution in [0.3, 0.4) is 0 Å². The van der Waals surface area contributed by atoms with Crippen LogP contribution in [0, 0.1) is 28.6 Å². The van der Waals surface area contributed by atoms with Crippen molar-refractivity contribution >= 4 is 45.9 Å². The van der Waals surface area contributed by atoms with Crippen LogP contribution in [-0.2, 0) is 13.6 Å². The lowest BCUT2D eigenvalue weighted by Crippen LogP contribution is -2.51. The van der Waals surface area contributed by atoms with Crippen LogP contribution in [0.1, 0.15) is 128 Å². The molecule has 0 amide bonds. The molecule has 0 aliphatic heterocycles. The van der Waals surface area contributed by atoms with Gasteiger partial charge in [0.25, 0.3) is 0 Å². The number of allylic oxidation sites excluding steroid dienone is 4. The van der Waals surface area contributed by atoms with Crippen LogP contribution in [0.4, 0.5) is 0 Å². The molecule has 0 aromatic rings. The molecular weight excluding hydrogens is 717 g/mol. The van der Waals surface area contributed by atoms with Crippen molar-refractivity contribution in [3.63, 3.8) is 0 Å². The van der Waals surface area contributed by atoms with Gasteiger partial charge < -0.3 is 19.1 Å². The first-order valence-corrected chi connectivity index (χ1v) is 28.4. The van der Waals surface area contributed by atoms with Crippen LogP contribution in [-0.4, -0.2) is 79.1 Å². The van der Waals surface area contributed by atoms with E-state index in [1.807, 2.05) is 25.6 Å². The third-order valence-electron chi connectivity index (χ3n) is 15.1. The normalized spacial score (nSPS) is 33.7. The molecule has 0 radical (unpaired) electrons. The Hall–Kier alpha value is 0.124. The van der Waals surface area contributed by atoms with Crippen molar-refractivity contribution in [2.45, 2.75) is 185 Å². The third kappa shape index (κ3) is 9.45. The van der Waals surface area contributed by atoms with Gasteiger partial charge in [-0.15, -0.1) is 0 Å². The predicted molar refractivity (Wildman–Crippen MR) is 231 cm³/mol. The van der Waals surface area contributed by atoms with Gasteiger partial charge in [-0.2, -0.15) is 23.5 Å². The summed E-state index contributed by atoms with van der Waals surface area (Å²) in [6, 6.07) is 0. The second-order valence-corrected chi connectivity index (χ2v) is 33.6. The highest BCUT2D eigenvalue weighted by atomic mass is 32.2. The van der Waals surface area contributed by atoms with Crippen LogP contribution in [0.5, 0.6) is 0 Å². The van der Waals surface area contributed by atoms with Gasteiger partial charge in [0.05, 0.1) is 24.4 Å². The zero-order chi connectivity index (χ0) is 39.3. The lowest BCUT2D eigenvalue weighted by Gasteiger charge is -2.57. The maximum atomic E-state index is 13.3. The van der Waals surface area contributed by atoms with Crippen LogP contribution in [0.15, 0.2) is 23.3 Å². The van der Waals surface area contributed by atoms with Gasteiger partial charge in [0.15, 0.2) is 16.6 Å². The Balaban J connectivity index is 1.51. The first-order chi connectivity index (χ1) is 23.6. The van der Waals surface area contributed by atoms with E-state index in [9.17, 15) is 15.0 Å². The summed E-state index contributed by atoms with van der Waals surface area (Å²) in [7, 11) is -3.90. The van der Waals surface area contributed by atoms with Crippen molar-refractivity contribution in [2.75, 3.05) is 24.7 Å². The summed E-state index contributed by atoms with van der Waals surface area (Å²) in [5, 5.41) is 24.0. The van der Waals surface area contributed by atoms with Crippen molar-refractivity contribution in [1.29, 1.82) is 0 Å². The van der Waals surface area contributed by atoms with Crippen molar-refractivity contribution in [1.82, 2.24) is 0 Å². The van der Waals surface area contributed by atoms with E-state index in [4.69, 9.17) is 8.85 Å². The van der Waals surface area contributed by atoms with Crippen molar-refractivity contribution in [2.24, 2.45) is 28.6 Å². The molecule has 9 atom stereocenters. The van der Waals surface area contributed by atoms with Gasteiger partial charge >= 0.3 is 0 Å². The highest BCUT2D eigenvalue weighted by Crippen LogP contribution is 2.66. The van der Waals surface area contributed by atoms with E-state index in [-0.39, 0.29) is 26.8 Å². The number of hydrogen-bond acceptors (Lipinski definition) is 7. The Morgan fingerprint density at radius 3 is 1.83 bits per heavy atom. The number of hydrogen-bond donors (Lipinski definition) is 2. The zero-order valence-corrected chi connectivity index (χ0v) is 39.6. The Morgan fingerprint density at radius 2 is 1.33 bits per heavy atom. The molecule has 0 spiro atoms. The molecule has 300 valence electrons. The van der Waals surface area contributed by atoms with Crippen molar-refractivity contribution in [3.8, 4) is 0 Å². The second kappa shape index (κ2) is 15.8. The molecule has 9 heteroatoms. The average Bonchev–Trinajstić information content (AvgIpc) is 3.27. The molecule has 0 bridgehead atoms. The smallest absolute Gasteiger partial charge is 0.192 e. The van der Waals surface area contributed by atoms with Gasteiger partial charge in [0.2, 0.25) is 0 Å². The van der Waals surface area contributed by atoms with Crippen LogP contribution < -0.4 is 0 Å². The largest absolute Gasteiger partial charge is 0.414 e. The fourth-order valence-electron chi connectivity index (χ4n) is 9.09. The summed E-state index contributed by atoms with van der Waals surface area (Å²) in [5.41, 5.74) is 1.53. The summed E-state index contributed by atoms with van der Waals surface area (Å²) >= 11 is 4.10. The molecule has 0 saturated heterocycles. The summed E-state index contributed by atoms with van der Waals surface area (Å²) in [4.78, 5) is 13.3. The van der Waals surface area contributed by atoms with Crippen LogP contribution in [0.25, 0.3) is 0 Å². The highest BCUT2D eigenvalue weighted by molar-refractivity contribution is 8.00. The molecule has 3 saturated carbocycles. The first-order valence-electron chi connectivity index (χ1n) is 20.5. The number of thioether (sulfide) groups is 2. The minimum absolute atomic E-state index is 0.0342. The van der Waals surface area contributed by atoms with E-state index in [1.54, 1.807) is 11.1 Å². The number of ketones is 1. The van der Waals surface area contributed by atoms with Gasteiger partial charge in [-0.05, 0) is 124 Å². The lowest BCUT2D eigenvalue weighted by molar-refractivity contribution is -0.122. The fraction of sp³-hybridized carbons (Fsp3) is 0.884. The van der Waals surface area contributed by atoms with Crippen molar-refractivity contribution in [3.05, 3.63) is 23.3 Å². The number of fused-ring (bicyclic) bond motifs is 5. The van der Waals surface area contributed by atoms with Gasteiger partial charge in [-0.3, -0.25) is 4.79 Å². The van der Waals surface area contributed by atoms with Crippen LogP contribution >= 0.6 is 23.5 Å². The summed E-state index contributed by atoms with van der Waals surface area (Å²) in [6.07, 6.45) is 12.5. The third-order valence-corrected chi connectivity index (χ3v) is 26.9. The number of carbonyl (C=O) groups is 1. The molecule has 3 fully saturated rings. The molecule has 5 nitrogen and oxygen atoms in total. The molecule has 52 heavy (non-hydrogen) atoms. The van der Waals surface area contributed by atoms with Crippen LogP contribution in [0.2, 0.25) is 36.3 Å². The summed E-state index contributed by atoms with van der Waals surface area (Å²) in [6.45, 7) is 34.4. The SMILES string of the molecule is CC[C@H]1C(=O)C[C@H]2C3=CC=C4CC(SCCC(C)(O)CO[Si](C)(C)C(C)(C)C)CC(SCCC(C)(O)CO[Si](C)(C)C(C)(C)C)[C@]4(C)[C@H]3CC[C@]12C. The molecule has 0 heterocycles. The van der Waals surface area contributed by atoms with E-state index >= 15 is 0 Å². The van der Waals surface area contributed by atoms with Gasteiger partial charge in [0.1, 0.15) is 5.78 Å². The molecule has 4 aliphatic carbocycles. The lowest BCUT2D eigenvalue weighted by atomic mass is 9.50. The number of rotatable bonds is 15. The fourth-order valence-corrected chi connectivity index (χ4v) is 14.8. The minimum Gasteiger partial charge on any atom is -0.414 e. The standard InChI is InChI=1S/C43H78O5S2Si2/c1-16-33-36(44)27-35-32-18-17-30-25-31(49-23-21-40(8,45)28-47-51(12,13)38(2,3)4)26-37(43(30,11)34(32)19-20-42(33,35)10)50-24-22-41(9,46)29-48-52(14,15)39(5,6)7/h17-18,31,33-35,37,45-46H,16,19-29H2,1-15H3/t31?,33-,34-,35-,37?,40?,41?,42+,43-/m0/s1. The number of aliphatic hydroxyl groups is 2. The second-order valence-electron chi connectivity index (χ2n) is 21.3. The molecule has 0 aromatic heterocycles. The quantitative estimate of drug-likeness (QED) is 0.160. The van der Waals surface area contributed by atoms with E-state index in [2.05, 4.69) is 112 Å². The van der Waals surface area contributed by atoms with E-state index in [1.165, 1.54) is 0 Å². The maximum absolute atomic E-state index is 13.3. The number of Topliss-reactive ketones (excluding diaryl/α,β-unsaturated/α-hetero) is 1. The number of carbonyl (C=O) groups excluding carboxylic acids is 1. The molecular formula is C43H78O5S2Si2. The molecule has 4 unspecified atom stereocenters.